The minimum atomic E-state index is -0.766. The van der Waals surface area contributed by atoms with E-state index in [4.69, 9.17) is 9.84 Å². The molecular formula is C19H29NO4. The number of rotatable bonds is 12. The summed E-state index contributed by atoms with van der Waals surface area (Å²) in [5, 5.41) is 11.4. The molecule has 5 heteroatoms. The van der Waals surface area contributed by atoms with Crippen LogP contribution in [0.2, 0.25) is 0 Å². The van der Waals surface area contributed by atoms with E-state index in [1.54, 1.807) is 0 Å². The number of hydrogen-bond donors (Lipinski definition) is 2. The fraction of sp³-hybridized carbons (Fsp3) is 0.579. The predicted molar refractivity (Wildman–Crippen MR) is 94.4 cm³/mol. The molecule has 134 valence electrons. The van der Waals surface area contributed by atoms with E-state index in [0.29, 0.717) is 38.3 Å². The Balaban J connectivity index is 2.04. The summed E-state index contributed by atoms with van der Waals surface area (Å²) >= 11 is 0. The van der Waals surface area contributed by atoms with Crippen LogP contribution in [0.5, 0.6) is 5.75 Å². The lowest BCUT2D eigenvalue weighted by atomic mass is 10.0. The molecule has 24 heavy (non-hydrogen) atoms. The Morgan fingerprint density at radius 1 is 1.04 bits per heavy atom. The van der Waals surface area contributed by atoms with Gasteiger partial charge in [-0.1, -0.05) is 32.4 Å². The minimum Gasteiger partial charge on any atom is -0.494 e. The number of carbonyl (C=O) groups is 2. The average molecular weight is 335 g/mol. The van der Waals surface area contributed by atoms with Gasteiger partial charge in [0.2, 0.25) is 5.91 Å². The van der Waals surface area contributed by atoms with Crippen LogP contribution in [0.4, 0.5) is 0 Å². The van der Waals surface area contributed by atoms with Crippen molar-refractivity contribution in [2.24, 2.45) is 0 Å². The van der Waals surface area contributed by atoms with Crippen molar-refractivity contribution in [1.29, 1.82) is 0 Å². The van der Waals surface area contributed by atoms with Crippen molar-refractivity contribution in [3.63, 3.8) is 0 Å². The van der Waals surface area contributed by atoms with Crippen molar-refractivity contribution in [1.82, 2.24) is 5.32 Å². The fourth-order valence-corrected chi connectivity index (χ4v) is 2.27. The van der Waals surface area contributed by atoms with E-state index < -0.39 is 5.97 Å². The Labute approximate surface area is 144 Å². The number of carboxylic acids is 1. The fourth-order valence-electron chi connectivity index (χ4n) is 2.27. The van der Waals surface area contributed by atoms with Gasteiger partial charge in [0.25, 0.3) is 0 Å². The number of carbonyl (C=O) groups excluding carboxylic acids is 1. The Kier molecular flexibility index (Phi) is 9.58. The predicted octanol–water partition coefficient (Wildman–Crippen LogP) is 3.73. The molecule has 0 bridgehead atoms. The Morgan fingerprint density at radius 3 is 2.38 bits per heavy atom. The number of carboxylic acid groups (broad SMARTS) is 1. The highest BCUT2D eigenvalue weighted by Crippen LogP contribution is 2.18. The molecule has 0 aliphatic rings. The number of hydrogen-bond acceptors (Lipinski definition) is 3. The molecule has 2 N–H and O–H groups in total. The molecule has 0 atom stereocenters. The van der Waals surface area contributed by atoms with Crippen molar-refractivity contribution in [3.05, 3.63) is 29.8 Å². The molecule has 1 amide bonds. The zero-order chi connectivity index (χ0) is 17.8. The van der Waals surface area contributed by atoms with E-state index in [-0.39, 0.29) is 12.3 Å². The van der Waals surface area contributed by atoms with Crippen LogP contribution < -0.4 is 10.1 Å². The first-order valence-electron chi connectivity index (χ1n) is 8.70. The molecule has 1 aromatic carbocycles. The topological polar surface area (TPSA) is 75.6 Å². The van der Waals surface area contributed by atoms with Crippen LogP contribution in [-0.4, -0.2) is 30.1 Å². The van der Waals surface area contributed by atoms with E-state index in [2.05, 4.69) is 31.3 Å². The lowest BCUT2D eigenvalue weighted by Crippen LogP contribution is -2.24. The van der Waals surface area contributed by atoms with E-state index in [1.807, 2.05) is 12.1 Å². The van der Waals surface area contributed by atoms with Gasteiger partial charge in [-0.05, 0) is 42.9 Å². The number of nitrogens with one attached hydrogen (secondary N) is 1. The largest absolute Gasteiger partial charge is 0.494 e. The minimum absolute atomic E-state index is 0.0204. The van der Waals surface area contributed by atoms with Crippen LogP contribution in [0.3, 0.4) is 0 Å². The molecule has 0 aromatic heterocycles. The van der Waals surface area contributed by atoms with Crippen LogP contribution in [0.25, 0.3) is 0 Å². The molecular weight excluding hydrogens is 306 g/mol. The highest BCUT2D eigenvalue weighted by Gasteiger charge is 2.03. The molecule has 1 aromatic rings. The first kappa shape index (κ1) is 20.0. The van der Waals surface area contributed by atoms with Crippen LogP contribution >= 0.6 is 0 Å². The first-order chi connectivity index (χ1) is 11.5. The molecule has 1 rings (SSSR count). The smallest absolute Gasteiger partial charge is 0.303 e. The molecule has 0 fully saturated rings. The average Bonchev–Trinajstić information content (AvgIpc) is 2.55. The van der Waals surface area contributed by atoms with Gasteiger partial charge < -0.3 is 15.2 Å². The van der Waals surface area contributed by atoms with E-state index in [0.717, 1.165) is 18.6 Å². The van der Waals surface area contributed by atoms with Crippen molar-refractivity contribution in [2.75, 3.05) is 13.2 Å². The highest BCUT2D eigenvalue weighted by atomic mass is 16.5. The van der Waals surface area contributed by atoms with Crippen LogP contribution in [0.15, 0.2) is 24.3 Å². The number of unbranched alkanes of at least 4 members (excludes halogenated alkanes) is 2. The lowest BCUT2D eigenvalue weighted by Gasteiger charge is -2.09. The Hall–Kier alpha value is -2.04. The molecule has 0 saturated carbocycles. The van der Waals surface area contributed by atoms with Crippen LogP contribution in [-0.2, 0) is 9.59 Å². The summed E-state index contributed by atoms with van der Waals surface area (Å²) in [4.78, 5) is 22.0. The quantitative estimate of drug-likeness (QED) is 0.571. The van der Waals surface area contributed by atoms with Gasteiger partial charge >= 0.3 is 5.97 Å². The molecule has 0 saturated heterocycles. The van der Waals surface area contributed by atoms with Crippen LogP contribution in [0.1, 0.15) is 63.9 Å². The molecule has 0 aliphatic heterocycles. The summed E-state index contributed by atoms with van der Waals surface area (Å²) in [6, 6.07) is 8.06. The Bertz CT molecular complexity index is 497. The van der Waals surface area contributed by atoms with Crippen molar-refractivity contribution < 1.29 is 19.4 Å². The third-order valence-corrected chi connectivity index (χ3v) is 3.75. The number of amides is 1. The first-order valence-corrected chi connectivity index (χ1v) is 8.70. The van der Waals surface area contributed by atoms with Gasteiger partial charge in [-0.25, -0.2) is 0 Å². The Morgan fingerprint density at radius 2 is 1.75 bits per heavy atom. The summed E-state index contributed by atoms with van der Waals surface area (Å²) in [5.74, 6) is 0.593. The van der Waals surface area contributed by atoms with Gasteiger partial charge in [0.1, 0.15) is 5.75 Å². The van der Waals surface area contributed by atoms with Crippen molar-refractivity contribution in [2.45, 2.75) is 58.3 Å². The van der Waals surface area contributed by atoms with Gasteiger partial charge in [0.15, 0.2) is 0 Å². The third kappa shape index (κ3) is 9.18. The summed E-state index contributed by atoms with van der Waals surface area (Å²) in [7, 11) is 0. The van der Waals surface area contributed by atoms with Gasteiger partial charge in [-0.15, -0.1) is 0 Å². The SMILES string of the molecule is CC(C)c1ccc(OCCCC(=O)NCCCCCC(=O)O)cc1. The lowest BCUT2D eigenvalue weighted by molar-refractivity contribution is -0.137. The van der Waals surface area contributed by atoms with Gasteiger partial charge in [-0.2, -0.15) is 0 Å². The van der Waals surface area contributed by atoms with E-state index in [9.17, 15) is 9.59 Å². The summed E-state index contributed by atoms with van der Waals surface area (Å²) < 4.78 is 5.64. The molecule has 5 nitrogen and oxygen atoms in total. The maximum atomic E-state index is 11.7. The maximum Gasteiger partial charge on any atom is 0.303 e. The van der Waals surface area contributed by atoms with Gasteiger partial charge in [0, 0.05) is 19.4 Å². The molecule has 0 heterocycles. The second-order valence-corrected chi connectivity index (χ2v) is 6.23. The second-order valence-electron chi connectivity index (χ2n) is 6.23. The number of aliphatic carboxylic acids is 1. The van der Waals surface area contributed by atoms with Crippen LogP contribution in [0, 0.1) is 0 Å². The molecule has 0 spiro atoms. The maximum absolute atomic E-state index is 11.7. The van der Waals surface area contributed by atoms with Gasteiger partial charge in [0.05, 0.1) is 6.61 Å². The summed E-state index contributed by atoms with van der Waals surface area (Å²) in [6.45, 7) is 5.43. The number of ether oxygens (including phenoxy) is 1. The summed E-state index contributed by atoms with van der Waals surface area (Å²) in [6.07, 6.45) is 3.62. The van der Waals surface area contributed by atoms with Gasteiger partial charge in [-0.3, -0.25) is 9.59 Å². The van der Waals surface area contributed by atoms with Crippen molar-refractivity contribution >= 4 is 11.9 Å². The highest BCUT2D eigenvalue weighted by molar-refractivity contribution is 5.75. The monoisotopic (exact) mass is 335 g/mol. The second kappa shape index (κ2) is 11.5. The van der Waals surface area contributed by atoms with Crippen molar-refractivity contribution in [3.8, 4) is 5.75 Å². The molecule has 0 unspecified atom stereocenters. The zero-order valence-corrected chi connectivity index (χ0v) is 14.7. The normalized spacial score (nSPS) is 10.6. The standard InChI is InChI=1S/C19H29NO4/c1-15(2)16-9-11-17(12-10-16)24-14-6-7-18(21)20-13-5-3-4-8-19(22)23/h9-12,15H,3-8,13-14H2,1-2H3,(H,20,21)(H,22,23). The zero-order valence-electron chi connectivity index (χ0n) is 14.7. The molecule has 0 aliphatic carbocycles. The van der Waals surface area contributed by atoms with E-state index in [1.165, 1.54) is 5.56 Å². The number of benzene rings is 1. The third-order valence-electron chi connectivity index (χ3n) is 3.75. The van der Waals surface area contributed by atoms with E-state index >= 15 is 0 Å². The molecule has 0 radical (unpaired) electrons. The summed E-state index contributed by atoms with van der Waals surface area (Å²) in [5.41, 5.74) is 1.28.